The maximum Gasteiger partial charge on any atom is 0.254 e. The molecule has 3 aromatic carbocycles. The zero-order valence-electron chi connectivity index (χ0n) is 19.9. The van der Waals surface area contributed by atoms with Crippen LogP contribution in [0.25, 0.3) is 0 Å². The number of thioether (sulfide) groups is 1. The van der Waals surface area contributed by atoms with Crippen molar-refractivity contribution in [3.05, 3.63) is 118 Å². The minimum absolute atomic E-state index is 0.0697. The molecule has 0 aromatic heterocycles. The highest BCUT2D eigenvalue weighted by Crippen LogP contribution is 2.41. The summed E-state index contributed by atoms with van der Waals surface area (Å²) in [6.45, 7) is 1.82. The quantitative estimate of drug-likeness (QED) is 0.393. The van der Waals surface area contributed by atoms with Crippen LogP contribution in [0.4, 0.5) is 5.69 Å². The number of carbonyl (C=O) groups excluding carboxylic acids is 2. The van der Waals surface area contributed by atoms with E-state index in [-0.39, 0.29) is 17.4 Å². The first kappa shape index (κ1) is 24.8. The van der Waals surface area contributed by atoms with Gasteiger partial charge in [0.05, 0.1) is 35.5 Å². The number of hydrogen-bond acceptors (Lipinski definition) is 6. The molecular weight excluding hydrogens is 470 g/mol. The van der Waals surface area contributed by atoms with E-state index in [0.717, 1.165) is 5.56 Å². The van der Waals surface area contributed by atoms with Crippen molar-refractivity contribution in [1.82, 2.24) is 5.32 Å². The number of nitrogens with one attached hydrogen (secondary N) is 2. The highest BCUT2D eigenvalue weighted by molar-refractivity contribution is 8.03. The van der Waals surface area contributed by atoms with Crippen LogP contribution in [0, 0.1) is 11.3 Å². The number of para-hydroxylation sites is 1. The summed E-state index contributed by atoms with van der Waals surface area (Å²) >= 11 is 1.26. The van der Waals surface area contributed by atoms with Gasteiger partial charge in [0.15, 0.2) is 5.78 Å². The van der Waals surface area contributed by atoms with Gasteiger partial charge in [-0.2, -0.15) is 5.26 Å². The normalized spacial score (nSPS) is 15.1. The van der Waals surface area contributed by atoms with E-state index in [4.69, 9.17) is 4.74 Å². The van der Waals surface area contributed by atoms with Gasteiger partial charge in [-0.05, 0) is 48.9 Å². The molecule has 6 nitrogen and oxygen atoms in total. The predicted molar refractivity (Wildman–Crippen MR) is 143 cm³/mol. The Balaban J connectivity index is 1.63. The van der Waals surface area contributed by atoms with Crippen LogP contribution < -0.4 is 15.4 Å². The zero-order chi connectivity index (χ0) is 25.5. The molecule has 1 aliphatic heterocycles. The topological polar surface area (TPSA) is 91.2 Å². The lowest BCUT2D eigenvalue weighted by Gasteiger charge is -2.30. The number of carbonyl (C=O) groups is 2. The average molecular weight is 496 g/mol. The molecule has 1 heterocycles. The molecule has 0 saturated carbocycles. The van der Waals surface area contributed by atoms with Gasteiger partial charge in [0.2, 0.25) is 0 Å². The van der Waals surface area contributed by atoms with Crippen LogP contribution in [0.1, 0.15) is 28.8 Å². The van der Waals surface area contributed by atoms with Gasteiger partial charge in [-0.3, -0.25) is 9.59 Å². The van der Waals surface area contributed by atoms with E-state index in [1.54, 1.807) is 31.4 Å². The summed E-state index contributed by atoms with van der Waals surface area (Å²) in [7, 11) is 1.57. The Morgan fingerprint density at radius 1 is 1.00 bits per heavy atom. The second-order valence-corrected chi connectivity index (χ2v) is 9.11. The molecule has 3 aromatic rings. The lowest BCUT2D eigenvalue weighted by atomic mass is 9.82. The maximum atomic E-state index is 13.4. The third-order valence-corrected chi connectivity index (χ3v) is 6.83. The molecule has 0 saturated heterocycles. The standard InChI is InChI=1S/C29H25N3O3S/c1-19-26(28(34)32-22-11-7-4-8-12-22)27(21-9-5-3-6-10-21)24(17-30)29(31-19)36-18-25(33)20-13-15-23(35-2)16-14-20/h3-16,27,31H,18H2,1-2H3,(H,32,34)/t27-/m1/s1. The van der Waals surface area contributed by atoms with Crippen LogP contribution in [-0.4, -0.2) is 24.6 Å². The number of nitriles is 1. The van der Waals surface area contributed by atoms with Crippen LogP contribution in [0.3, 0.4) is 0 Å². The molecule has 36 heavy (non-hydrogen) atoms. The number of benzene rings is 3. The number of methoxy groups -OCH3 is 1. The van der Waals surface area contributed by atoms with E-state index in [2.05, 4.69) is 16.7 Å². The number of ether oxygens (including phenoxy) is 1. The van der Waals surface area contributed by atoms with Crippen LogP contribution in [-0.2, 0) is 4.79 Å². The van der Waals surface area contributed by atoms with E-state index < -0.39 is 5.92 Å². The summed E-state index contributed by atoms with van der Waals surface area (Å²) in [5.74, 6) is -0.110. The zero-order valence-corrected chi connectivity index (χ0v) is 20.8. The summed E-state index contributed by atoms with van der Waals surface area (Å²) in [6.07, 6.45) is 0. The second-order valence-electron chi connectivity index (χ2n) is 8.12. The summed E-state index contributed by atoms with van der Waals surface area (Å²) in [6, 6.07) is 27.9. The molecule has 180 valence electrons. The van der Waals surface area contributed by atoms with Crippen molar-refractivity contribution in [3.8, 4) is 11.8 Å². The molecule has 4 rings (SSSR count). The number of anilines is 1. The molecular formula is C29H25N3O3S. The van der Waals surface area contributed by atoms with Crippen LogP contribution in [0.2, 0.25) is 0 Å². The van der Waals surface area contributed by atoms with Gasteiger partial charge in [-0.1, -0.05) is 60.3 Å². The molecule has 1 amide bonds. The van der Waals surface area contributed by atoms with Crippen LogP contribution in [0.5, 0.6) is 5.75 Å². The lowest BCUT2D eigenvalue weighted by molar-refractivity contribution is -0.113. The second kappa shape index (κ2) is 11.4. The first-order valence-corrected chi connectivity index (χ1v) is 12.3. The van der Waals surface area contributed by atoms with Gasteiger partial charge in [-0.15, -0.1) is 0 Å². The Kier molecular flexibility index (Phi) is 7.89. The fraction of sp³-hybridized carbons (Fsp3) is 0.138. The van der Waals surface area contributed by atoms with Gasteiger partial charge >= 0.3 is 0 Å². The number of amides is 1. The number of rotatable bonds is 8. The van der Waals surface area contributed by atoms with Gasteiger partial charge < -0.3 is 15.4 Å². The highest BCUT2D eigenvalue weighted by atomic mass is 32.2. The number of nitrogens with zero attached hydrogens (tertiary/aromatic N) is 1. The molecule has 0 bridgehead atoms. The monoisotopic (exact) mass is 495 g/mol. The Labute approximate surface area is 214 Å². The number of allylic oxidation sites excluding steroid dienone is 2. The fourth-order valence-corrected chi connectivity index (χ4v) is 5.01. The molecule has 1 aliphatic rings. The minimum Gasteiger partial charge on any atom is -0.497 e. The van der Waals surface area contributed by atoms with Crippen molar-refractivity contribution in [2.75, 3.05) is 18.2 Å². The molecule has 7 heteroatoms. The Hall–Kier alpha value is -4.28. The van der Waals surface area contributed by atoms with Gasteiger partial charge in [-0.25, -0.2) is 0 Å². The van der Waals surface area contributed by atoms with Crippen LogP contribution in [0.15, 0.2) is 107 Å². The van der Waals surface area contributed by atoms with Crippen molar-refractivity contribution in [2.45, 2.75) is 12.8 Å². The Morgan fingerprint density at radius 3 is 2.25 bits per heavy atom. The van der Waals surface area contributed by atoms with Crippen molar-refractivity contribution in [3.63, 3.8) is 0 Å². The van der Waals surface area contributed by atoms with E-state index in [1.165, 1.54) is 11.8 Å². The third kappa shape index (κ3) is 5.51. The van der Waals surface area contributed by atoms with E-state index in [0.29, 0.717) is 38.9 Å². The van der Waals surface area contributed by atoms with E-state index >= 15 is 0 Å². The van der Waals surface area contributed by atoms with Crippen molar-refractivity contribution in [1.29, 1.82) is 5.26 Å². The number of Topliss-reactive ketones (excluding diaryl/α,β-unsaturated/α-hetero) is 1. The maximum absolute atomic E-state index is 13.4. The van der Waals surface area contributed by atoms with E-state index in [9.17, 15) is 14.9 Å². The largest absolute Gasteiger partial charge is 0.497 e. The van der Waals surface area contributed by atoms with Crippen molar-refractivity contribution in [2.24, 2.45) is 0 Å². The molecule has 0 spiro atoms. The van der Waals surface area contributed by atoms with Gasteiger partial charge in [0.25, 0.3) is 5.91 Å². The van der Waals surface area contributed by atoms with Gasteiger partial charge in [0, 0.05) is 22.5 Å². The molecule has 2 N–H and O–H groups in total. The third-order valence-electron chi connectivity index (χ3n) is 5.82. The van der Waals surface area contributed by atoms with E-state index in [1.807, 2.05) is 67.6 Å². The predicted octanol–water partition coefficient (Wildman–Crippen LogP) is 5.65. The SMILES string of the molecule is COc1ccc(C(=O)CSC2=C(C#N)[C@@H](c3ccccc3)C(C(=O)Nc3ccccc3)=C(C)N2)cc1. The minimum atomic E-state index is -0.570. The molecule has 1 atom stereocenters. The fourth-order valence-electron chi connectivity index (χ4n) is 4.02. The molecule has 0 unspecified atom stereocenters. The smallest absolute Gasteiger partial charge is 0.254 e. The first-order valence-electron chi connectivity index (χ1n) is 11.3. The molecule has 0 aliphatic carbocycles. The van der Waals surface area contributed by atoms with Crippen molar-refractivity contribution < 1.29 is 14.3 Å². The summed E-state index contributed by atoms with van der Waals surface area (Å²) < 4.78 is 5.16. The summed E-state index contributed by atoms with van der Waals surface area (Å²) in [5, 5.41) is 16.9. The average Bonchev–Trinajstić information content (AvgIpc) is 2.92. The van der Waals surface area contributed by atoms with Gasteiger partial charge in [0.1, 0.15) is 5.75 Å². The lowest BCUT2D eigenvalue weighted by Crippen LogP contribution is -2.31. The Morgan fingerprint density at radius 2 is 1.64 bits per heavy atom. The Bertz CT molecular complexity index is 1360. The number of dihydropyridines is 1. The van der Waals surface area contributed by atoms with Crippen molar-refractivity contribution >= 4 is 29.1 Å². The summed E-state index contributed by atoms with van der Waals surface area (Å²) in [4.78, 5) is 26.2. The number of ketones is 1. The first-order chi connectivity index (χ1) is 17.5. The highest BCUT2D eigenvalue weighted by Gasteiger charge is 2.34. The molecule has 0 fully saturated rings. The summed E-state index contributed by atoms with van der Waals surface area (Å²) in [5.41, 5.74) is 3.56. The number of hydrogen-bond donors (Lipinski definition) is 2. The molecule has 0 radical (unpaired) electrons. The van der Waals surface area contributed by atoms with Crippen LogP contribution >= 0.6 is 11.8 Å².